The van der Waals surface area contributed by atoms with Gasteiger partial charge < -0.3 is 10.2 Å². The number of carbonyl (C=O) groups excluding carboxylic acids is 2. The van der Waals surface area contributed by atoms with Crippen LogP contribution in [0.1, 0.15) is 44.0 Å². The number of rotatable bonds is 10. The van der Waals surface area contributed by atoms with E-state index in [4.69, 9.17) is 0 Å². The maximum Gasteiger partial charge on any atom is 0.251 e. The third-order valence-electron chi connectivity index (χ3n) is 4.13. The van der Waals surface area contributed by atoms with Crippen molar-refractivity contribution in [3.63, 3.8) is 0 Å². The molecule has 0 aromatic heterocycles. The number of sulfonamides is 1. The fourth-order valence-electron chi connectivity index (χ4n) is 2.40. The minimum Gasteiger partial charge on any atom is -0.344 e. The summed E-state index contributed by atoms with van der Waals surface area (Å²) in [6, 6.07) is 5.74. The largest absolute Gasteiger partial charge is 0.344 e. The molecule has 146 valence electrons. The van der Waals surface area contributed by atoms with E-state index in [1.165, 1.54) is 28.6 Å². The Morgan fingerprint density at radius 2 is 1.62 bits per heavy atom. The lowest BCUT2D eigenvalue weighted by Crippen LogP contribution is -2.38. The molecular formula is C18H29N3O4S. The standard InChI is InChI=1S/C18H29N3O4S/c1-5-8-13-20(4)17(22)14-19-18(23)15-9-11-16(12-10-15)26(24,25)21(6-2)7-3/h9-12H,5-8,13-14H2,1-4H3,(H,19,23). The number of hydrogen-bond donors (Lipinski definition) is 1. The zero-order valence-corrected chi connectivity index (χ0v) is 16.8. The normalized spacial score (nSPS) is 11.4. The number of amides is 2. The zero-order chi connectivity index (χ0) is 19.7. The van der Waals surface area contributed by atoms with Gasteiger partial charge in [-0.2, -0.15) is 4.31 Å². The number of nitrogens with zero attached hydrogens (tertiary/aromatic N) is 2. The lowest BCUT2D eigenvalue weighted by atomic mass is 10.2. The van der Waals surface area contributed by atoms with Crippen LogP contribution in [-0.4, -0.2) is 62.7 Å². The van der Waals surface area contributed by atoms with Crippen LogP contribution in [0.3, 0.4) is 0 Å². The first kappa shape index (κ1) is 22.1. The monoisotopic (exact) mass is 383 g/mol. The van der Waals surface area contributed by atoms with E-state index in [1.54, 1.807) is 25.8 Å². The summed E-state index contributed by atoms with van der Waals surface area (Å²) in [5.41, 5.74) is 0.313. The van der Waals surface area contributed by atoms with E-state index in [9.17, 15) is 18.0 Å². The number of unbranched alkanes of at least 4 members (excludes halogenated alkanes) is 1. The van der Waals surface area contributed by atoms with Crippen LogP contribution in [0.5, 0.6) is 0 Å². The predicted octanol–water partition coefficient (Wildman–Crippen LogP) is 1.71. The molecule has 2 amide bonds. The van der Waals surface area contributed by atoms with Crippen LogP contribution in [0, 0.1) is 0 Å². The van der Waals surface area contributed by atoms with Crippen LogP contribution in [0.15, 0.2) is 29.2 Å². The van der Waals surface area contributed by atoms with E-state index < -0.39 is 15.9 Å². The highest BCUT2D eigenvalue weighted by atomic mass is 32.2. The molecule has 7 nitrogen and oxygen atoms in total. The predicted molar refractivity (Wildman–Crippen MR) is 101 cm³/mol. The Morgan fingerprint density at radius 3 is 2.12 bits per heavy atom. The van der Waals surface area contributed by atoms with Gasteiger partial charge in [0, 0.05) is 32.2 Å². The van der Waals surface area contributed by atoms with Gasteiger partial charge in [0.25, 0.3) is 5.91 Å². The molecular weight excluding hydrogens is 354 g/mol. The van der Waals surface area contributed by atoms with Crippen LogP contribution in [0.25, 0.3) is 0 Å². The summed E-state index contributed by atoms with van der Waals surface area (Å²) in [6.45, 7) is 6.93. The number of likely N-dealkylation sites (N-methyl/N-ethyl adjacent to an activating group) is 1. The third-order valence-corrected chi connectivity index (χ3v) is 6.20. The molecule has 26 heavy (non-hydrogen) atoms. The van der Waals surface area contributed by atoms with Crippen molar-refractivity contribution in [2.24, 2.45) is 0 Å². The molecule has 0 aliphatic carbocycles. The Balaban J connectivity index is 2.71. The van der Waals surface area contributed by atoms with E-state index in [1.807, 2.05) is 6.92 Å². The van der Waals surface area contributed by atoms with Crippen molar-refractivity contribution >= 4 is 21.8 Å². The second-order valence-corrected chi connectivity index (χ2v) is 7.90. The molecule has 1 aromatic rings. The van der Waals surface area contributed by atoms with Crippen molar-refractivity contribution in [1.82, 2.24) is 14.5 Å². The molecule has 0 fully saturated rings. The van der Waals surface area contributed by atoms with Gasteiger partial charge in [-0.05, 0) is 30.7 Å². The van der Waals surface area contributed by atoms with Gasteiger partial charge in [0.05, 0.1) is 11.4 Å². The lowest BCUT2D eigenvalue weighted by Gasteiger charge is -2.18. The summed E-state index contributed by atoms with van der Waals surface area (Å²) >= 11 is 0. The van der Waals surface area contributed by atoms with Gasteiger partial charge in [-0.1, -0.05) is 27.2 Å². The smallest absolute Gasteiger partial charge is 0.251 e. The summed E-state index contributed by atoms with van der Waals surface area (Å²) in [6.07, 6.45) is 1.91. The van der Waals surface area contributed by atoms with E-state index in [0.29, 0.717) is 25.2 Å². The van der Waals surface area contributed by atoms with Gasteiger partial charge >= 0.3 is 0 Å². The Bertz CT molecular complexity index is 698. The van der Waals surface area contributed by atoms with Crippen LogP contribution < -0.4 is 5.32 Å². The van der Waals surface area contributed by atoms with Crippen LogP contribution in [-0.2, 0) is 14.8 Å². The molecule has 0 saturated carbocycles. The van der Waals surface area contributed by atoms with Gasteiger partial charge in [0.2, 0.25) is 15.9 Å². The van der Waals surface area contributed by atoms with Crippen molar-refractivity contribution in [1.29, 1.82) is 0 Å². The minimum absolute atomic E-state index is 0.0848. The van der Waals surface area contributed by atoms with Gasteiger partial charge in [0.15, 0.2) is 0 Å². The zero-order valence-electron chi connectivity index (χ0n) is 16.0. The highest BCUT2D eigenvalue weighted by Gasteiger charge is 2.21. The number of nitrogens with one attached hydrogen (secondary N) is 1. The Morgan fingerprint density at radius 1 is 1.04 bits per heavy atom. The maximum absolute atomic E-state index is 12.4. The average Bonchev–Trinajstić information content (AvgIpc) is 2.64. The summed E-state index contributed by atoms with van der Waals surface area (Å²) in [4.78, 5) is 25.8. The molecule has 1 rings (SSSR count). The third kappa shape index (κ3) is 5.81. The average molecular weight is 384 g/mol. The fourth-order valence-corrected chi connectivity index (χ4v) is 3.86. The summed E-state index contributed by atoms with van der Waals surface area (Å²) in [5, 5.41) is 2.57. The number of carbonyl (C=O) groups is 2. The molecule has 1 N–H and O–H groups in total. The van der Waals surface area contributed by atoms with E-state index in [-0.39, 0.29) is 17.3 Å². The first-order valence-electron chi connectivity index (χ1n) is 8.90. The van der Waals surface area contributed by atoms with Crippen LogP contribution >= 0.6 is 0 Å². The molecule has 0 saturated heterocycles. The molecule has 0 heterocycles. The Hall–Kier alpha value is -1.93. The molecule has 0 atom stereocenters. The summed E-state index contributed by atoms with van der Waals surface area (Å²) < 4.78 is 26.2. The van der Waals surface area contributed by atoms with Crippen LogP contribution in [0.2, 0.25) is 0 Å². The topological polar surface area (TPSA) is 86.8 Å². The molecule has 8 heteroatoms. The highest BCUT2D eigenvalue weighted by Crippen LogP contribution is 2.16. The quantitative estimate of drug-likeness (QED) is 0.666. The van der Waals surface area contributed by atoms with E-state index in [0.717, 1.165) is 12.8 Å². The summed E-state index contributed by atoms with van der Waals surface area (Å²) in [5.74, 6) is -0.568. The second-order valence-electron chi connectivity index (χ2n) is 5.97. The summed E-state index contributed by atoms with van der Waals surface area (Å²) in [7, 11) is -1.84. The number of benzene rings is 1. The van der Waals surface area contributed by atoms with Crippen molar-refractivity contribution in [2.45, 2.75) is 38.5 Å². The molecule has 0 spiro atoms. The molecule has 0 aliphatic rings. The van der Waals surface area contributed by atoms with E-state index in [2.05, 4.69) is 5.32 Å². The Kier molecular flexibility index (Phi) is 8.74. The van der Waals surface area contributed by atoms with Crippen molar-refractivity contribution in [3.8, 4) is 0 Å². The second kappa shape index (κ2) is 10.3. The molecule has 0 aliphatic heterocycles. The lowest BCUT2D eigenvalue weighted by molar-refractivity contribution is -0.128. The SMILES string of the molecule is CCCCN(C)C(=O)CNC(=O)c1ccc(S(=O)(=O)N(CC)CC)cc1. The molecule has 0 radical (unpaired) electrons. The molecule has 0 unspecified atom stereocenters. The Labute approximate surface area is 156 Å². The van der Waals surface area contributed by atoms with Gasteiger partial charge in [-0.15, -0.1) is 0 Å². The van der Waals surface area contributed by atoms with Gasteiger partial charge in [0.1, 0.15) is 0 Å². The molecule has 0 bridgehead atoms. The minimum atomic E-state index is -3.55. The first-order valence-corrected chi connectivity index (χ1v) is 10.3. The van der Waals surface area contributed by atoms with Crippen molar-refractivity contribution in [2.75, 3.05) is 33.2 Å². The first-order chi connectivity index (χ1) is 12.3. The maximum atomic E-state index is 12.4. The van der Waals surface area contributed by atoms with Crippen molar-refractivity contribution < 1.29 is 18.0 Å². The fraction of sp³-hybridized carbons (Fsp3) is 0.556. The highest BCUT2D eigenvalue weighted by molar-refractivity contribution is 7.89. The molecule has 1 aromatic carbocycles. The van der Waals surface area contributed by atoms with Crippen LogP contribution in [0.4, 0.5) is 0 Å². The van der Waals surface area contributed by atoms with Crippen molar-refractivity contribution in [3.05, 3.63) is 29.8 Å². The van der Waals surface area contributed by atoms with Gasteiger partial charge in [-0.3, -0.25) is 9.59 Å². The van der Waals surface area contributed by atoms with E-state index >= 15 is 0 Å². The van der Waals surface area contributed by atoms with Gasteiger partial charge in [-0.25, -0.2) is 8.42 Å². The number of hydrogen-bond acceptors (Lipinski definition) is 4.